The second-order valence-electron chi connectivity index (χ2n) is 19.4. The second kappa shape index (κ2) is 14.8. The lowest BCUT2D eigenvalue weighted by atomic mass is 9.66. The van der Waals surface area contributed by atoms with Gasteiger partial charge in [0.05, 0.1) is 16.5 Å². The number of para-hydroxylation sites is 3. The van der Waals surface area contributed by atoms with E-state index >= 15 is 0 Å². The van der Waals surface area contributed by atoms with E-state index in [-0.39, 0.29) is 0 Å². The first kappa shape index (κ1) is 40.0. The molecule has 16 rings (SSSR count). The van der Waals surface area contributed by atoms with Crippen LogP contribution in [0, 0.1) is 0 Å². The number of benzene rings is 11. The van der Waals surface area contributed by atoms with Crippen LogP contribution in [0.25, 0.3) is 55.3 Å². The van der Waals surface area contributed by atoms with Gasteiger partial charge in [0.2, 0.25) is 0 Å². The van der Waals surface area contributed by atoms with Crippen molar-refractivity contribution in [2.24, 2.45) is 0 Å². The molecule has 0 radical (unpaired) electrons. The first-order valence-corrected chi connectivity index (χ1v) is 25.5. The Balaban J connectivity index is 0.963. The third-order valence-electron chi connectivity index (χ3n) is 16.0. The summed E-state index contributed by atoms with van der Waals surface area (Å²) in [5, 5.41) is 2.25. The molecule has 0 atom stereocenters. The average molecular weight is 936 g/mol. The number of hydrogen-bond donors (Lipinski definition) is 0. The molecule has 2 spiro atoms. The molecule has 0 unspecified atom stereocenters. The van der Waals surface area contributed by atoms with Crippen molar-refractivity contribution < 1.29 is 9.15 Å². The van der Waals surface area contributed by atoms with Crippen LogP contribution in [0.4, 0.5) is 17.1 Å². The monoisotopic (exact) mass is 935 g/mol. The Hall–Kier alpha value is -8.83. The molecule has 12 aromatic rings. The van der Waals surface area contributed by atoms with Crippen molar-refractivity contribution >= 4 is 50.8 Å². The first-order chi connectivity index (χ1) is 35.7. The van der Waals surface area contributed by atoms with Crippen molar-refractivity contribution in [2.45, 2.75) is 20.6 Å². The molecule has 2 aliphatic carbocycles. The number of hydrogen-bond acceptors (Lipinski definition) is 4. The van der Waals surface area contributed by atoms with E-state index in [1.807, 2.05) is 23.9 Å². The molecule has 0 saturated heterocycles. The molecule has 72 heavy (non-hydrogen) atoms. The van der Waals surface area contributed by atoms with Crippen LogP contribution < -0.4 is 9.64 Å². The molecule has 0 saturated carbocycles. The Morgan fingerprint density at radius 2 is 0.861 bits per heavy atom. The Bertz CT molecular complexity index is 4170. The zero-order valence-corrected chi connectivity index (χ0v) is 39.7. The number of anilines is 3. The van der Waals surface area contributed by atoms with E-state index in [9.17, 15) is 0 Å². The zero-order chi connectivity index (χ0) is 47.1. The minimum Gasteiger partial charge on any atom is -0.457 e. The molecule has 0 bridgehead atoms. The molecule has 0 N–H and O–H groups in total. The molecule has 11 aromatic carbocycles. The maximum absolute atomic E-state index is 6.77. The largest absolute Gasteiger partial charge is 0.457 e. The predicted molar refractivity (Wildman–Crippen MR) is 293 cm³/mol. The molecule has 3 heterocycles. The topological polar surface area (TPSA) is 25.6 Å². The number of nitrogens with zero attached hydrogens (tertiary/aromatic N) is 1. The van der Waals surface area contributed by atoms with Gasteiger partial charge in [0, 0.05) is 48.6 Å². The molecule has 336 valence electrons. The van der Waals surface area contributed by atoms with Gasteiger partial charge in [0.1, 0.15) is 22.7 Å². The summed E-state index contributed by atoms with van der Waals surface area (Å²) in [6.45, 7) is 0. The van der Waals surface area contributed by atoms with Gasteiger partial charge in [0.15, 0.2) is 0 Å². The van der Waals surface area contributed by atoms with Crippen LogP contribution in [0.15, 0.2) is 263 Å². The first-order valence-electron chi connectivity index (χ1n) is 24.7. The van der Waals surface area contributed by atoms with Crippen molar-refractivity contribution in [2.75, 3.05) is 4.90 Å². The van der Waals surface area contributed by atoms with Crippen molar-refractivity contribution in [1.29, 1.82) is 0 Å². The Morgan fingerprint density at radius 1 is 0.333 bits per heavy atom. The second-order valence-corrected chi connectivity index (χ2v) is 20.5. The normalized spacial score (nSPS) is 14.4. The van der Waals surface area contributed by atoms with Gasteiger partial charge in [-0.25, -0.2) is 0 Å². The van der Waals surface area contributed by atoms with E-state index in [1.165, 1.54) is 65.4 Å². The summed E-state index contributed by atoms with van der Waals surface area (Å²) in [6.07, 6.45) is 0. The molecule has 0 amide bonds. The van der Waals surface area contributed by atoms with Crippen molar-refractivity contribution in [3.63, 3.8) is 0 Å². The fourth-order valence-electron chi connectivity index (χ4n) is 13.2. The van der Waals surface area contributed by atoms with Crippen LogP contribution in [-0.2, 0) is 10.8 Å². The zero-order valence-electron chi connectivity index (χ0n) is 38.8. The van der Waals surface area contributed by atoms with Crippen LogP contribution in [-0.4, -0.2) is 0 Å². The van der Waals surface area contributed by atoms with Gasteiger partial charge in [-0.05, 0) is 134 Å². The fraction of sp³-hybridized carbons (Fsp3) is 0.0294. The van der Waals surface area contributed by atoms with Gasteiger partial charge in [-0.2, -0.15) is 0 Å². The summed E-state index contributed by atoms with van der Waals surface area (Å²) in [7, 11) is 0. The van der Waals surface area contributed by atoms with Crippen LogP contribution in [0.2, 0.25) is 0 Å². The Morgan fingerprint density at radius 3 is 1.60 bits per heavy atom. The molecule has 4 heteroatoms. The average Bonchev–Trinajstić information content (AvgIpc) is 4.06. The third-order valence-corrected chi connectivity index (χ3v) is 17.2. The van der Waals surface area contributed by atoms with Gasteiger partial charge in [-0.3, -0.25) is 0 Å². The smallest absolute Gasteiger partial charge is 0.135 e. The van der Waals surface area contributed by atoms with E-state index < -0.39 is 10.8 Å². The molecule has 3 nitrogen and oxygen atoms in total. The summed E-state index contributed by atoms with van der Waals surface area (Å²) >= 11 is 1.88. The van der Waals surface area contributed by atoms with E-state index in [0.29, 0.717) is 0 Å². The van der Waals surface area contributed by atoms with Crippen molar-refractivity contribution in [1.82, 2.24) is 0 Å². The van der Waals surface area contributed by atoms with Crippen LogP contribution in [0.5, 0.6) is 11.5 Å². The minimum atomic E-state index is -0.624. The van der Waals surface area contributed by atoms with Crippen molar-refractivity contribution in [3.05, 3.63) is 293 Å². The lowest BCUT2D eigenvalue weighted by Gasteiger charge is -2.40. The van der Waals surface area contributed by atoms with E-state index in [4.69, 9.17) is 9.15 Å². The number of ether oxygens (including phenoxy) is 1. The summed E-state index contributed by atoms with van der Waals surface area (Å²) in [5.41, 5.74) is 21.2. The van der Waals surface area contributed by atoms with Crippen molar-refractivity contribution in [3.8, 4) is 44.9 Å². The number of fused-ring (bicyclic) bond motifs is 21. The number of rotatable bonds is 4. The molecular formula is C68H41NO2S. The summed E-state index contributed by atoms with van der Waals surface area (Å²) < 4.78 is 13.0. The van der Waals surface area contributed by atoms with Gasteiger partial charge in [-0.15, -0.1) is 0 Å². The predicted octanol–water partition coefficient (Wildman–Crippen LogP) is 18.0. The SMILES string of the molecule is c1ccc2c(c1)Oc1ccccc1C21c2ccccc2-c2ccc(N(c3ccc(-c4ccc5oc6ccccc6c5c4)cc3)c3cccc4c3-c3ccccc3C43c4ccccc4Sc4ccccc43)cc21. The van der Waals surface area contributed by atoms with Gasteiger partial charge in [-0.1, -0.05) is 188 Å². The highest BCUT2D eigenvalue weighted by molar-refractivity contribution is 7.99. The van der Waals surface area contributed by atoms with Gasteiger partial charge in [0.25, 0.3) is 0 Å². The summed E-state index contributed by atoms with van der Waals surface area (Å²) in [6, 6.07) is 91.8. The molecule has 2 aliphatic heterocycles. The number of furan rings is 1. The minimum absolute atomic E-state index is 0.523. The van der Waals surface area contributed by atoms with Gasteiger partial charge >= 0.3 is 0 Å². The molecular weight excluding hydrogens is 895 g/mol. The fourth-order valence-corrected chi connectivity index (χ4v) is 14.4. The highest BCUT2D eigenvalue weighted by Crippen LogP contribution is 2.66. The van der Waals surface area contributed by atoms with Crippen LogP contribution in [0.1, 0.15) is 44.5 Å². The Kier molecular flexibility index (Phi) is 8.24. The van der Waals surface area contributed by atoms with Crippen LogP contribution >= 0.6 is 11.8 Å². The summed E-state index contributed by atoms with van der Waals surface area (Å²) in [5.74, 6) is 1.76. The highest BCUT2D eigenvalue weighted by Gasteiger charge is 2.53. The maximum Gasteiger partial charge on any atom is 0.135 e. The molecule has 0 fully saturated rings. The highest BCUT2D eigenvalue weighted by atomic mass is 32.2. The van der Waals surface area contributed by atoms with Crippen LogP contribution in [0.3, 0.4) is 0 Å². The molecule has 4 aliphatic rings. The summed E-state index contributed by atoms with van der Waals surface area (Å²) in [4.78, 5) is 5.10. The van der Waals surface area contributed by atoms with E-state index in [2.05, 4.69) is 241 Å². The molecule has 1 aromatic heterocycles. The third kappa shape index (κ3) is 5.21. The van der Waals surface area contributed by atoms with Gasteiger partial charge < -0.3 is 14.1 Å². The van der Waals surface area contributed by atoms with E-state index in [0.717, 1.165) is 72.8 Å². The lowest BCUT2D eigenvalue weighted by molar-refractivity contribution is 0.436. The quantitative estimate of drug-likeness (QED) is 0.176. The Labute approximate surface area is 421 Å². The van der Waals surface area contributed by atoms with E-state index in [1.54, 1.807) is 0 Å². The maximum atomic E-state index is 6.77. The standard InChI is InChI=1S/C68H41NO2S/c1-4-19-51-46(16-1)47-38-37-45(41-58(47)67(51)53-21-6-11-28-62(53)71-63-29-12-7-22-54(63)67)69(44-35-32-42(33-36-44)43-34-39-61-50(40-43)48-17-3-10-27-60(48)70-61)59-26-15-25-57-66(59)49-18-2-5-20-52(49)68(57)55-23-8-13-30-64(55)72-65-31-14-9-24-56(65)68/h1-41H. The lowest BCUT2D eigenvalue weighted by Crippen LogP contribution is -2.32.